The highest BCUT2D eigenvalue weighted by atomic mass is 32.1. The van der Waals surface area contributed by atoms with E-state index in [9.17, 15) is 4.79 Å². The number of carbonyl (C=O) groups excluding carboxylic acids is 1. The van der Waals surface area contributed by atoms with Crippen LogP contribution in [0.25, 0.3) is 11.4 Å². The molecule has 0 aliphatic rings. The van der Waals surface area contributed by atoms with Crippen LogP contribution in [0, 0.1) is 6.92 Å². The largest absolute Gasteiger partial charge is 0.497 e. The van der Waals surface area contributed by atoms with Crippen LogP contribution in [0.4, 0.5) is 5.13 Å². The molecule has 0 atom stereocenters. The number of benzene rings is 1. The lowest BCUT2D eigenvalue weighted by Gasteiger charge is -2.11. The molecule has 0 radical (unpaired) electrons. The molecule has 4 aromatic rings. The minimum Gasteiger partial charge on any atom is -0.497 e. The Morgan fingerprint density at radius 1 is 1.29 bits per heavy atom. The Morgan fingerprint density at radius 2 is 2.10 bits per heavy atom. The second kappa shape index (κ2) is 9.09. The molecule has 3 aromatic heterocycles. The van der Waals surface area contributed by atoms with Crippen molar-refractivity contribution >= 4 is 22.4 Å². The number of aromatic nitrogens is 2. The number of nitrogens with one attached hydrogen (secondary N) is 1. The Hall–Kier alpha value is -3.52. The van der Waals surface area contributed by atoms with Crippen LogP contribution >= 0.6 is 11.3 Å². The summed E-state index contributed by atoms with van der Waals surface area (Å²) in [5.41, 5.74) is 9.83. The number of carbonyl (C=O) groups is 1. The molecule has 1 aromatic carbocycles. The van der Waals surface area contributed by atoms with Gasteiger partial charge in [0.05, 0.1) is 36.9 Å². The number of thiazole rings is 1. The first-order chi connectivity index (χ1) is 15.0. The van der Waals surface area contributed by atoms with Crippen molar-refractivity contribution < 1.29 is 13.9 Å². The van der Waals surface area contributed by atoms with Crippen LogP contribution in [0.3, 0.4) is 0 Å². The fourth-order valence-electron chi connectivity index (χ4n) is 3.48. The third kappa shape index (κ3) is 4.64. The molecule has 0 saturated heterocycles. The highest BCUT2D eigenvalue weighted by Gasteiger charge is 2.18. The van der Waals surface area contributed by atoms with Gasteiger partial charge in [0, 0.05) is 17.6 Å². The molecule has 1 amide bonds. The standard InChI is InChI=1S/C23H24N4O3S/c1-15-19(22(24)28)12-21(27(15)10-9-16-5-7-17(29-2)8-6-16)20-14-31-23(26-20)25-13-18-4-3-11-30-18/h3-8,11-12,14H,9-10,13H2,1-2H3,(H2,24,28)(H,25,26). The first-order valence-corrected chi connectivity index (χ1v) is 10.8. The molecule has 0 bridgehead atoms. The highest BCUT2D eigenvalue weighted by molar-refractivity contribution is 7.14. The monoisotopic (exact) mass is 436 g/mol. The highest BCUT2D eigenvalue weighted by Crippen LogP contribution is 2.29. The zero-order chi connectivity index (χ0) is 21.8. The first-order valence-electron chi connectivity index (χ1n) is 9.90. The van der Waals surface area contributed by atoms with Crippen LogP contribution in [0.1, 0.15) is 27.4 Å². The number of nitrogens with zero attached hydrogens (tertiary/aromatic N) is 2. The summed E-state index contributed by atoms with van der Waals surface area (Å²) in [7, 11) is 1.65. The second-order valence-corrected chi connectivity index (χ2v) is 7.97. The molecule has 0 aliphatic heterocycles. The van der Waals surface area contributed by atoms with E-state index in [-0.39, 0.29) is 0 Å². The molecule has 7 nitrogen and oxygen atoms in total. The molecule has 31 heavy (non-hydrogen) atoms. The van der Waals surface area contributed by atoms with Crippen molar-refractivity contribution in [3.8, 4) is 17.1 Å². The quantitative estimate of drug-likeness (QED) is 0.403. The summed E-state index contributed by atoms with van der Waals surface area (Å²) in [5, 5.41) is 6.04. The summed E-state index contributed by atoms with van der Waals surface area (Å²) >= 11 is 1.51. The number of amides is 1. The summed E-state index contributed by atoms with van der Waals surface area (Å²) in [4.78, 5) is 16.7. The van der Waals surface area contributed by atoms with Gasteiger partial charge in [-0.1, -0.05) is 12.1 Å². The lowest BCUT2D eigenvalue weighted by atomic mass is 10.1. The number of hydrogen-bond donors (Lipinski definition) is 2. The summed E-state index contributed by atoms with van der Waals surface area (Å²) in [6, 6.07) is 13.6. The molecule has 160 valence electrons. The Balaban J connectivity index is 1.56. The van der Waals surface area contributed by atoms with E-state index in [0.717, 1.165) is 40.1 Å². The van der Waals surface area contributed by atoms with Crippen LogP contribution in [-0.4, -0.2) is 22.6 Å². The van der Waals surface area contributed by atoms with Crippen molar-refractivity contribution in [1.82, 2.24) is 9.55 Å². The average molecular weight is 437 g/mol. The predicted molar refractivity (Wildman–Crippen MR) is 122 cm³/mol. The van der Waals surface area contributed by atoms with Gasteiger partial charge in [-0.15, -0.1) is 11.3 Å². The lowest BCUT2D eigenvalue weighted by molar-refractivity contribution is 0.0999. The van der Waals surface area contributed by atoms with E-state index in [1.54, 1.807) is 13.4 Å². The van der Waals surface area contributed by atoms with Crippen molar-refractivity contribution in [1.29, 1.82) is 0 Å². The maximum Gasteiger partial charge on any atom is 0.250 e. The summed E-state index contributed by atoms with van der Waals surface area (Å²) in [5.74, 6) is 1.23. The van der Waals surface area contributed by atoms with E-state index in [1.807, 2.05) is 54.8 Å². The summed E-state index contributed by atoms with van der Waals surface area (Å²) in [6.45, 7) is 3.18. The fourth-order valence-corrected chi connectivity index (χ4v) is 4.18. The van der Waals surface area contributed by atoms with Crippen molar-refractivity contribution in [2.75, 3.05) is 12.4 Å². The van der Waals surface area contributed by atoms with Crippen LogP contribution in [0.5, 0.6) is 5.75 Å². The van der Waals surface area contributed by atoms with Gasteiger partial charge in [-0.25, -0.2) is 4.98 Å². The molecule has 3 heterocycles. The van der Waals surface area contributed by atoms with E-state index in [1.165, 1.54) is 16.9 Å². The molecule has 0 unspecified atom stereocenters. The number of primary amides is 1. The summed E-state index contributed by atoms with van der Waals surface area (Å²) in [6.07, 6.45) is 2.45. The van der Waals surface area contributed by atoms with Gasteiger partial charge in [-0.3, -0.25) is 4.79 Å². The van der Waals surface area contributed by atoms with Gasteiger partial charge in [-0.2, -0.15) is 0 Å². The number of rotatable bonds is 9. The van der Waals surface area contributed by atoms with Crippen molar-refractivity contribution in [2.45, 2.75) is 26.4 Å². The third-order valence-electron chi connectivity index (χ3n) is 5.18. The normalized spacial score (nSPS) is 10.9. The van der Waals surface area contributed by atoms with Crippen molar-refractivity contribution in [3.63, 3.8) is 0 Å². The molecule has 0 saturated carbocycles. The second-order valence-electron chi connectivity index (χ2n) is 7.11. The molecule has 4 rings (SSSR count). The van der Waals surface area contributed by atoms with E-state index in [2.05, 4.69) is 9.88 Å². The van der Waals surface area contributed by atoms with E-state index in [4.69, 9.17) is 19.9 Å². The number of hydrogen-bond acceptors (Lipinski definition) is 6. The fraction of sp³-hybridized carbons (Fsp3) is 0.217. The maximum atomic E-state index is 12.0. The van der Waals surface area contributed by atoms with E-state index < -0.39 is 5.91 Å². The number of ether oxygens (including phenoxy) is 1. The number of furan rings is 1. The summed E-state index contributed by atoms with van der Waals surface area (Å²) < 4.78 is 12.7. The smallest absolute Gasteiger partial charge is 0.250 e. The molecule has 0 fully saturated rings. The Kier molecular flexibility index (Phi) is 6.08. The molecular weight excluding hydrogens is 412 g/mol. The predicted octanol–water partition coefficient (Wildman–Crippen LogP) is 4.48. The van der Waals surface area contributed by atoms with Gasteiger partial charge in [0.15, 0.2) is 5.13 Å². The maximum absolute atomic E-state index is 12.0. The minimum atomic E-state index is -0.437. The topological polar surface area (TPSA) is 95.3 Å². The van der Waals surface area contributed by atoms with Crippen molar-refractivity contribution in [3.05, 3.63) is 76.7 Å². The van der Waals surface area contributed by atoms with E-state index in [0.29, 0.717) is 18.7 Å². The van der Waals surface area contributed by atoms with Crippen molar-refractivity contribution in [2.24, 2.45) is 5.73 Å². The zero-order valence-electron chi connectivity index (χ0n) is 17.4. The number of aryl methyl sites for hydroxylation is 1. The number of anilines is 1. The van der Waals surface area contributed by atoms with Crippen LogP contribution in [0.2, 0.25) is 0 Å². The molecule has 0 aliphatic carbocycles. The van der Waals surface area contributed by atoms with Crippen LogP contribution in [-0.2, 0) is 19.5 Å². The van der Waals surface area contributed by atoms with Gasteiger partial charge in [0.1, 0.15) is 11.5 Å². The van der Waals surface area contributed by atoms with Gasteiger partial charge >= 0.3 is 0 Å². The van der Waals surface area contributed by atoms with Crippen LogP contribution in [0.15, 0.2) is 58.5 Å². The molecule has 0 spiro atoms. The minimum absolute atomic E-state index is 0.437. The van der Waals surface area contributed by atoms with Crippen LogP contribution < -0.4 is 15.8 Å². The number of nitrogens with two attached hydrogens (primary N) is 1. The zero-order valence-corrected chi connectivity index (χ0v) is 18.2. The van der Waals surface area contributed by atoms with E-state index >= 15 is 0 Å². The van der Waals surface area contributed by atoms with Gasteiger partial charge < -0.3 is 24.8 Å². The third-order valence-corrected chi connectivity index (χ3v) is 5.98. The van der Waals surface area contributed by atoms with Gasteiger partial charge in [0.25, 0.3) is 5.91 Å². The van der Waals surface area contributed by atoms with Gasteiger partial charge in [-0.05, 0) is 49.2 Å². The SMILES string of the molecule is COc1ccc(CCn2c(-c3csc(NCc4ccco4)n3)cc(C(N)=O)c2C)cc1. The Morgan fingerprint density at radius 3 is 2.77 bits per heavy atom. The average Bonchev–Trinajstić information content (AvgIpc) is 3.51. The first kappa shape index (κ1) is 20.7. The molecule has 3 N–H and O–H groups in total. The Bertz CT molecular complexity index is 1160. The molecular formula is C23H24N4O3S. The Labute approximate surface area is 184 Å². The number of methoxy groups -OCH3 is 1. The van der Waals surface area contributed by atoms with Gasteiger partial charge in [0.2, 0.25) is 0 Å². The molecule has 8 heteroatoms. The lowest BCUT2D eigenvalue weighted by Crippen LogP contribution is -2.13.